The molecule has 0 aliphatic carbocycles. The van der Waals surface area contributed by atoms with E-state index in [-0.39, 0.29) is 24.8 Å². The van der Waals surface area contributed by atoms with Crippen molar-refractivity contribution in [2.45, 2.75) is 18.9 Å². The standard InChI is InChI=1S/C21H22BrN3O5/c1-29-17-8-7-13(11-18(17)30-2)9-10-25-19(26)12-16(21(25)28)23-24-20(27)14-5-3-4-6-15(14)22/h3-8,11,16,23H,9-10,12H2,1-2H3,(H,24,27)/t16-/m0/s1. The number of hydrogen-bond donors (Lipinski definition) is 2. The molecule has 1 heterocycles. The fourth-order valence-corrected chi connectivity index (χ4v) is 3.64. The number of imide groups is 1. The number of benzene rings is 2. The van der Waals surface area contributed by atoms with E-state index < -0.39 is 11.9 Å². The Morgan fingerprint density at radius 1 is 1.13 bits per heavy atom. The zero-order valence-electron chi connectivity index (χ0n) is 16.6. The lowest BCUT2D eigenvalue weighted by Gasteiger charge is -2.16. The Kier molecular flexibility index (Phi) is 7.07. The summed E-state index contributed by atoms with van der Waals surface area (Å²) in [6, 6.07) is 11.6. The minimum Gasteiger partial charge on any atom is -0.493 e. The van der Waals surface area contributed by atoms with Gasteiger partial charge in [-0.25, -0.2) is 5.43 Å². The molecule has 8 nitrogen and oxygen atoms in total. The second-order valence-electron chi connectivity index (χ2n) is 6.66. The Bertz CT molecular complexity index is 965. The van der Waals surface area contributed by atoms with Crippen molar-refractivity contribution < 1.29 is 23.9 Å². The molecule has 9 heteroatoms. The van der Waals surface area contributed by atoms with Crippen LogP contribution in [0.2, 0.25) is 0 Å². The van der Waals surface area contributed by atoms with Crippen molar-refractivity contribution in [3.8, 4) is 11.5 Å². The van der Waals surface area contributed by atoms with Crippen LogP contribution in [-0.4, -0.2) is 49.4 Å². The number of methoxy groups -OCH3 is 2. The summed E-state index contributed by atoms with van der Waals surface area (Å²) in [4.78, 5) is 38.4. The molecule has 1 atom stereocenters. The first-order valence-electron chi connectivity index (χ1n) is 9.30. The van der Waals surface area contributed by atoms with Crippen LogP contribution in [0.4, 0.5) is 0 Å². The molecule has 1 fully saturated rings. The maximum absolute atomic E-state index is 12.6. The van der Waals surface area contributed by atoms with Crippen LogP contribution in [0.25, 0.3) is 0 Å². The summed E-state index contributed by atoms with van der Waals surface area (Å²) in [5.41, 5.74) is 6.52. The largest absolute Gasteiger partial charge is 0.493 e. The van der Waals surface area contributed by atoms with Crippen LogP contribution in [0.15, 0.2) is 46.9 Å². The van der Waals surface area contributed by atoms with Gasteiger partial charge in [-0.15, -0.1) is 0 Å². The van der Waals surface area contributed by atoms with Gasteiger partial charge in [0.15, 0.2) is 11.5 Å². The average molecular weight is 476 g/mol. The van der Waals surface area contributed by atoms with Crippen molar-refractivity contribution in [1.82, 2.24) is 15.8 Å². The van der Waals surface area contributed by atoms with Crippen LogP contribution in [0.5, 0.6) is 11.5 Å². The number of ether oxygens (including phenoxy) is 2. The third-order valence-electron chi connectivity index (χ3n) is 4.79. The van der Waals surface area contributed by atoms with E-state index in [9.17, 15) is 14.4 Å². The van der Waals surface area contributed by atoms with Gasteiger partial charge in [-0.3, -0.25) is 24.7 Å². The van der Waals surface area contributed by atoms with Crippen molar-refractivity contribution in [2.75, 3.05) is 20.8 Å². The molecular formula is C21H22BrN3O5. The Morgan fingerprint density at radius 2 is 1.87 bits per heavy atom. The molecule has 2 N–H and O–H groups in total. The molecule has 2 aromatic rings. The van der Waals surface area contributed by atoms with Crippen LogP contribution >= 0.6 is 15.9 Å². The van der Waals surface area contributed by atoms with Crippen LogP contribution in [-0.2, 0) is 16.0 Å². The van der Waals surface area contributed by atoms with E-state index >= 15 is 0 Å². The SMILES string of the molecule is COc1ccc(CCN2C(=O)C[C@H](NNC(=O)c3ccccc3Br)C2=O)cc1OC. The molecule has 3 amide bonds. The lowest BCUT2D eigenvalue weighted by Crippen LogP contribution is -2.48. The zero-order chi connectivity index (χ0) is 21.7. The average Bonchev–Trinajstić information content (AvgIpc) is 3.03. The maximum Gasteiger partial charge on any atom is 0.266 e. The molecule has 0 spiro atoms. The summed E-state index contributed by atoms with van der Waals surface area (Å²) in [7, 11) is 3.11. The number of nitrogens with zero attached hydrogens (tertiary/aromatic N) is 1. The van der Waals surface area contributed by atoms with Crippen molar-refractivity contribution in [2.24, 2.45) is 0 Å². The van der Waals surface area contributed by atoms with Crippen molar-refractivity contribution in [3.63, 3.8) is 0 Å². The van der Waals surface area contributed by atoms with Gasteiger partial charge in [0.25, 0.3) is 5.91 Å². The second-order valence-corrected chi connectivity index (χ2v) is 7.51. The number of amides is 3. The van der Waals surface area contributed by atoms with Crippen LogP contribution in [0.3, 0.4) is 0 Å². The van der Waals surface area contributed by atoms with E-state index in [2.05, 4.69) is 26.8 Å². The highest BCUT2D eigenvalue weighted by Gasteiger charge is 2.38. The lowest BCUT2D eigenvalue weighted by molar-refractivity contribution is -0.138. The Balaban J connectivity index is 1.57. The first-order chi connectivity index (χ1) is 14.4. The van der Waals surface area contributed by atoms with E-state index in [1.54, 1.807) is 44.6 Å². The molecule has 1 saturated heterocycles. The molecule has 0 unspecified atom stereocenters. The predicted molar refractivity (Wildman–Crippen MR) is 113 cm³/mol. The second kappa shape index (κ2) is 9.73. The molecule has 0 radical (unpaired) electrons. The fraction of sp³-hybridized carbons (Fsp3) is 0.286. The van der Waals surface area contributed by atoms with Crippen molar-refractivity contribution in [1.29, 1.82) is 0 Å². The Morgan fingerprint density at radius 3 is 2.57 bits per heavy atom. The third kappa shape index (κ3) is 4.80. The summed E-state index contributed by atoms with van der Waals surface area (Å²) >= 11 is 3.31. The third-order valence-corrected chi connectivity index (χ3v) is 5.49. The van der Waals surface area contributed by atoms with Gasteiger partial charge in [0.05, 0.1) is 26.2 Å². The van der Waals surface area contributed by atoms with Crippen LogP contribution in [0, 0.1) is 0 Å². The number of likely N-dealkylation sites (tertiary alicyclic amines) is 1. The maximum atomic E-state index is 12.6. The first-order valence-corrected chi connectivity index (χ1v) is 10.1. The summed E-state index contributed by atoms with van der Waals surface area (Å²) in [6.07, 6.45) is 0.467. The normalized spacial score (nSPS) is 16.0. The van der Waals surface area contributed by atoms with Gasteiger partial charge in [-0.1, -0.05) is 18.2 Å². The summed E-state index contributed by atoms with van der Waals surface area (Å²) < 4.78 is 11.1. The van der Waals surface area contributed by atoms with Gasteiger partial charge in [0.2, 0.25) is 11.8 Å². The van der Waals surface area contributed by atoms with Gasteiger partial charge < -0.3 is 9.47 Å². The first kappa shape index (κ1) is 21.8. The molecule has 2 aromatic carbocycles. The Hall–Kier alpha value is -2.91. The number of hydrogen-bond acceptors (Lipinski definition) is 6. The van der Waals surface area contributed by atoms with E-state index in [0.717, 1.165) is 5.56 Å². The van der Waals surface area contributed by atoms with Crippen molar-refractivity contribution >= 4 is 33.7 Å². The lowest BCUT2D eigenvalue weighted by atomic mass is 10.1. The minimum atomic E-state index is -0.797. The molecule has 0 aromatic heterocycles. The molecule has 0 saturated carbocycles. The highest BCUT2D eigenvalue weighted by molar-refractivity contribution is 9.10. The molecular weight excluding hydrogens is 454 g/mol. The summed E-state index contributed by atoms with van der Waals surface area (Å²) in [5, 5.41) is 0. The number of nitrogens with one attached hydrogen (secondary N) is 2. The number of carbonyl (C=O) groups excluding carboxylic acids is 3. The number of carbonyl (C=O) groups is 3. The summed E-state index contributed by atoms with van der Waals surface area (Å²) in [5.74, 6) is 0.149. The van der Waals surface area contributed by atoms with Crippen LogP contribution < -0.4 is 20.3 Å². The molecule has 158 valence electrons. The van der Waals surface area contributed by atoms with E-state index in [1.165, 1.54) is 4.90 Å². The smallest absolute Gasteiger partial charge is 0.266 e. The minimum absolute atomic E-state index is 0.0129. The van der Waals surface area contributed by atoms with Crippen molar-refractivity contribution in [3.05, 3.63) is 58.1 Å². The number of rotatable bonds is 8. The van der Waals surface area contributed by atoms with Crippen LogP contribution in [0.1, 0.15) is 22.3 Å². The Labute approximate surface area is 182 Å². The van der Waals surface area contributed by atoms with Gasteiger partial charge >= 0.3 is 0 Å². The molecule has 0 bridgehead atoms. The zero-order valence-corrected chi connectivity index (χ0v) is 18.2. The highest BCUT2D eigenvalue weighted by Crippen LogP contribution is 2.28. The van der Waals surface area contributed by atoms with E-state index in [0.29, 0.717) is 28.0 Å². The summed E-state index contributed by atoms with van der Waals surface area (Å²) in [6.45, 7) is 0.240. The monoisotopic (exact) mass is 475 g/mol. The quantitative estimate of drug-likeness (QED) is 0.448. The topological polar surface area (TPSA) is 97.0 Å². The molecule has 1 aliphatic rings. The highest BCUT2D eigenvalue weighted by atomic mass is 79.9. The molecule has 30 heavy (non-hydrogen) atoms. The van der Waals surface area contributed by atoms with Gasteiger partial charge in [-0.2, -0.15) is 0 Å². The number of halogens is 1. The van der Waals surface area contributed by atoms with E-state index in [4.69, 9.17) is 9.47 Å². The molecule has 1 aliphatic heterocycles. The van der Waals surface area contributed by atoms with Gasteiger partial charge in [0, 0.05) is 11.0 Å². The fourth-order valence-electron chi connectivity index (χ4n) is 3.17. The number of hydrazine groups is 1. The van der Waals surface area contributed by atoms with E-state index in [1.807, 2.05) is 12.1 Å². The van der Waals surface area contributed by atoms with Gasteiger partial charge in [-0.05, 0) is 52.2 Å². The van der Waals surface area contributed by atoms with Gasteiger partial charge in [0.1, 0.15) is 6.04 Å². The molecule has 3 rings (SSSR count). The predicted octanol–water partition coefficient (Wildman–Crippen LogP) is 2.07.